The highest BCUT2D eigenvalue weighted by Crippen LogP contribution is 2.39. The first-order valence-corrected chi connectivity index (χ1v) is 11.7. The summed E-state index contributed by atoms with van der Waals surface area (Å²) in [5.74, 6) is 3.83. The highest BCUT2D eigenvalue weighted by molar-refractivity contribution is 5.86. The van der Waals surface area contributed by atoms with Gasteiger partial charge >= 0.3 is 0 Å². The lowest BCUT2D eigenvalue weighted by molar-refractivity contribution is 0.379. The summed E-state index contributed by atoms with van der Waals surface area (Å²) in [4.78, 5) is 0. The third-order valence-electron chi connectivity index (χ3n) is 6.34. The van der Waals surface area contributed by atoms with Crippen molar-refractivity contribution in [3.63, 3.8) is 0 Å². The molecule has 0 fully saturated rings. The molecule has 0 amide bonds. The smallest absolute Gasteiger partial charge is 0.169 e. The van der Waals surface area contributed by atoms with Gasteiger partial charge in [0.2, 0.25) is 0 Å². The molecule has 0 saturated carbocycles. The molecular formula is C31H28O4. The van der Waals surface area contributed by atoms with Crippen molar-refractivity contribution < 1.29 is 18.9 Å². The van der Waals surface area contributed by atoms with Gasteiger partial charge in [-0.1, -0.05) is 48.6 Å². The summed E-state index contributed by atoms with van der Waals surface area (Å²) in [6.45, 7) is 0. The molecule has 0 N–H and O–H groups in total. The lowest BCUT2D eigenvalue weighted by atomic mass is 9.91. The average Bonchev–Trinajstić information content (AvgIpc) is 2.90. The van der Waals surface area contributed by atoms with E-state index in [1.54, 1.807) is 21.3 Å². The van der Waals surface area contributed by atoms with E-state index in [9.17, 15) is 0 Å². The maximum Gasteiger partial charge on any atom is 0.169 e. The molecule has 4 heteroatoms. The van der Waals surface area contributed by atoms with E-state index in [1.165, 1.54) is 11.1 Å². The zero-order valence-corrected chi connectivity index (χ0v) is 20.2. The van der Waals surface area contributed by atoms with Crippen LogP contribution in [0.25, 0.3) is 23.3 Å². The number of methoxy groups -OCH3 is 3. The molecular weight excluding hydrogens is 436 g/mol. The van der Waals surface area contributed by atoms with Gasteiger partial charge in [-0.2, -0.15) is 0 Å². The second-order valence-electron chi connectivity index (χ2n) is 8.44. The fourth-order valence-electron chi connectivity index (χ4n) is 4.49. The predicted molar refractivity (Wildman–Crippen MR) is 141 cm³/mol. The van der Waals surface area contributed by atoms with Gasteiger partial charge in [-0.15, -0.1) is 0 Å². The fraction of sp³-hybridized carbons (Fsp3) is 0.161. The van der Waals surface area contributed by atoms with Crippen molar-refractivity contribution in [1.29, 1.82) is 0 Å². The van der Waals surface area contributed by atoms with Gasteiger partial charge in [0.1, 0.15) is 17.2 Å². The standard InChI is InChI=1S/C31H28O4/c1-32-26-16-17-27-24(20-26)13-7-21-9-14-25(15-10-21)35-30-19-22(11-18-28(30)33-2)8-12-23-5-4-6-29(34-3)31(23)27/h4-6,8-12,14-20H,7,13H2,1-3H3. The van der Waals surface area contributed by atoms with Crippen LogP contribution in [0.1, 0.15) is 22.3 Å². The van der Waals surface area contributed by atoms with Crippen molar-refractivity contribution >= 4 is 12.2 Å². The quantitative estimate of drug-likeness (QED) is 0.316. The molecule has 2 aliphatic rings. The minimum absolute atomic E-state index is 0.679. The van der Waals surface area contributed by atoms with Gasteiger partial charge < -0.3 is 18.9 Å². The number of benzene rings is 4. The third-order valence-corrected chi connectivity index (χ3v) is 6.34. The maximum atomic E-state index is 6.19. The molecule has 0 radical (unpaired) electrons. The first kappa shape index (κ1) is 22.6. The maximum absolute atomic E-state index is 6.19. The molecule has 0 aliphatic carbocycles. The Morgan fingerprint density at radius 2 is 1.51 bits per heavy atom. The van der Waals surface area contributed by atoms with E-state index in [0.29, 0.717) is 11.5 Å². The number of aryl methyl sites for hydroxylation is 2. The van der Waals surface area contributed by atoms with Gasteiger partial charge in [0.15, 0.2) is 11.5 Å². The molecule has 4 aromatic rings. The van der Waals surface area contributed by atoms with Crippen molar-refractivity contribution in [2.45, 2.75) is 12.8 Å². The lowest BCUT2D eigenvalue weighted by Gasteiger charge is -2.18. The molecule has 0 unspecified atom stereocenters. The van der Waals surface area contributed by atoms with Crippen LogP contribution >= 0.6 is 0 Å². The first-order chi connectivity index (χ1) is 17.2. The Bertz CT molecular complexity index is 1370. The van der Waals surface area contributed by atoms with E-state index in [1.807, 2.05) is 48.5 Å². The van der Waals surface area contributed by atoms with Crippen LogP contribution in [-0.4, -0.2) is 21.3 Å². The molecule has 0 saturated heterocycles. The van der Waals surface area contributed by atoms with Crippen LogP contribution in [0.3, 0.4) is 0 Å². The Kier molecular flexibility index (Phi) is 6.44. The SMILES string of the molecule is COc1ccc2c(c1)CCc1ccc(cc1)Oc1cc(ccc1OC)C=Cc1cccc(OC)c1-2. The van der Waals surface area contributed by atoms with Crippen molar-refractivity contribution in [3.8, 4) is 39.9 Å². The Morgan fingerprint density at radius 3 is 2.29 bits per heavy atom. The second kappa shape index (κ2) is 9.98. The summed E-state index contributed by atoms with van der Waals surface area (Å²) in [6.07, 6.45) is 5.96. The number of fused-ring (bicyclic) bond motifs is 3. The van der Waals surface area contributed by atoms with Crippen LogP contribution in [0.5, 0.6) is 28.7 Å². The van der Waals surface area contributed by atoms with Crippen LogP contribution < -0.4 is 18.9 Å². The lowest BCUT2D eigenvalue weighted by Crippen LogP contribution is -1.99. The molecule has 0 aromatic heterocycles. The Morgan fingerprint density at radius 1 is 0.686 bits per heavy atom. The third kappa shape index (κ3) is 4.73. The molecule has 0 spiro atoms. The highest BCUT2D eigenvalue weighted by atomic mass is 16.5. The number of ether oxygens (including phenoxy) is 4. The Labute approximate surface area is 206 Å². The molecule has 4 bridgehead atoms. The number of hydrogen-bond donors (Lipinski definition) is 0. The summed E-state index contributed by atoms with van der Waals surface area (Å²) in [7, 11) is 5.08. The molecule has 2 aliphatic heterocycles. The summed E-state index contributed by atoms with van der Waals surface area (Å²) >= 11 is 0. The van der Waals surface area contributed by atoms with Crippen molar-refractivity contribution in [2.75, 3.05) is 21.3 Å². The molecule has 176 valence electrons. The Balaban J connectivity index is 1.72. The van der Waals surface area contributed by atoms with Crippen molar-refractivity contribution in [3.05, 3.63) is 101 Å². The summed E-state index contributed by atoms with van der Waals surface area (Å²) in [5.41, 5.74) is 6.74. The molecule has 0 atom stereocenters. The molecule has 35 heavy (non-hydrogen) atoms. The summed E-state index contributed by atoms with van der Waals surface area (Å²) in [6, 6.07) is 26.6. The van der Waals surface area contributed by atoms with Crippen LogP contribution in [0.4, 0.5) is 0 Å². The van der Waals surface area contributed by atoms with E-state index in [0.717, 1.165) is 52.3 Å². The largest absolute Gasteiger partial charge is 0.497 e. The van der Waals surface area contributed by atoms with E-state index in [2.05, 4.69) is 42.5 Å². The van der Waals surface area contributed by atoms with Crippen LogP contribution in [0.15, 0.2) is 78.9 Å². The van der Waals surface area contributed by atoms with Gasteiger partial charge in [-0.3, -0.25) is 0 Å². The van der Waals surface area contributed by atoms with E-state index < -0.39 is 0 Å². The normalized spacial score (nSPS) is 12.3. The van der Waals surface area contributed by atoms with Crippen LogP contribution in [-0.2, 0) is 12.8 Å². The zero-order chi connectivity index (χ0) is 24.2. The van der Waals surface area contributed by atoms with E-state index >= 15 is 0 Å². The number of hydrogen-bond acceptors (Lipinski definition) is 4. The molecule has 6 rings (SSSR count). The van der Waals surface area contributed by atoms with Gasteiger partial charge in [-0.05, 0) is 83.1 Å². The second-order valence-corrected chi connectivity index (χ2v) is 8.44. The fourth-order valence-corrected chi connectivity index (χ4v) is 4.49. The average molecular weight is 465 g/mol. The van der Waals surface area contributed by atoms with Crippen molar-refractivity contribution in [1.82, 2.24) is 0 Å². The number of rotatable bonds is 3. The summed E-state index contributed by atoms with van der Waals surface area (Å²) < 4.78 is 23.1. The predicted octanol–water partition coefficient (Wildman–Crippen LogP) is 7.44. The Hall–Kier alpha value is -4.18. The van der Waals surface area contributed by atoms with E-state index in [4.69, 9.17) is 18.9 Å². The highest BCUT2D eigenvalue weighted by Gasteiger charge is 2.16. The molecule has 4 nitrogen and oxygen atoms in total. The monoisotopic (exact) mass is 464 g/mol. The van der Waals surface area contributed by atoms with E-state index in [-0.39, 0.29) is 0 Å². The van der Waals surface area contributed by atoms with Crippen LogP contribution in [0, 0.1) is 0 Å². The minimum Gasteiger partial charge on any atom is -0.497 e. The van der Waals surface area contributed by atoms with Crippen molar-refractivity contribution in [2.24, 2.45) is 0 Å². The molecule has 2 heterocycles. The molecule has 4 aromatic carbocycles. The minimum atomic E-state index is 0.679. The van der Waals surface area contributed by atoms with Gasteiger partial charge in [0, 0.05) is 5.56 Å². The summed E-state index contributed by atoms with van der Waals surface area (Å²) in [5, 5.41) is 0. The van der Waals surface area contributed by atoms with Gasteiger partial charge in [-0.25, -0.2) is 0 Å². The zero-order valence-electron chi connectivity index (χ0n) is 20.2. The van der Waals surface area contributed by atoms with Gasteiger partial charge in [0.25, 0.3) is 0 Å². The first-order valence-electron chi connectivity index (χ1n) is 11.7. The topological polar surface area (TPSA) is 36.9 Å². The van der Waals surface area contributed by atoms with Gasteiger partial charge in [0.05, 0.1) is 21.3 Å². The van der Waals surface area contributed by atoms with Crippen LogP contribution in [0.2, 0.25) is 0 Å².